The van der Waals surface area contributed by atoms with Gasteiger partial charge in [-0.2, -0.15) is 0 Å². The van der Waals surface area contributed by atoms with E-state index < -0.39 is 5.97 Å². The first-order valence-electron chi connectivity index (χ1n) is 6.93. The van der Waals surface area contributed by atoms with Gasteiger partial charge in [-0.15, -0.1) is 5.10 Å². The molecule has 1 aromatic carbocycles. The van der Waals surface area contributed by atoms with Crippen LogP contribution in [0.25, 0.3) is 11.0 Å². The molecule has 0 spiro atoms. The molecule has 6 nitrogen and oxygen atoms in total. The summed E-state index contributed by atoms with van der Waals surface area (Å²) in [6.45, 7) is 1.18. The lowest BCUT2D eigenvalue weighted by Crippen LogP contribution is -2.13. The monoisotopic (exact) mass is 275 g/mol. The number of benzene rings is 1. The lowest BCUT2D eigenvalue weighted by molar-refractivity contribution is 0.0517. The van der Waals surface area contributed by atoms with Crippen molar-refractivity contribution in [3.8, 4) is 0 Å². The van der Waals surface area contributed by atoms with E-state index in [4.69, 9.17) is 9.84 Å². The third-order valence-electron chi connectivity index (χ3n) is 3.73. The number of aromatic carboxylic acids is 1. The topological polar surface area (TPSA) is 77.2 Å². The summed E-state index contributed by atoms with van der Waals surface area (Å²) >= 11 is 0. The first-order valence-corrected chi connectivity index (χ1v) is 6.93. The lowest BCUT2D eigenvalue weighted by Gasteiger charge is -2.10. The van der Waals surface area contributed by atoms with E-state index in [1.165, 1.54) is 12.8 Å². The number of hydrogen-bond acceptors (Lipinski definition) is 4. The van der Waals surface area contributed by atoms with Crippen molar-refractivity contribution in [2.45, 2.75) is 38.3 Å². The minimum Gasteiger partial charge on any atom is -0.478 e. The van der Waals surface area contributed by atoms with Gasteiger partial charge in [-0.05, 0) is 25.0 Å². The number of carboxylic acids is 1. The molecule has 1 aliphatic rings. The molecular formula is C14H17N3O3. The quantitative estimate of drug-likeness (QED) is 0.904. The summed E-state index contributed by atoms with van der Waals surface area (Å²) in [4.78, 5) is 11.1. The van der Waals surface area contributed by atoms with Crippen molar-refractivity contribution in [1.29, 1.82) is 0 Å². The second-order valence-corrected chi connectivity index (χ2v) is 5.07. The van der Waals surface area contributed by atoms with Crippen LogP contribution in [-0.4, -0.2) is 38.8 Å². The zero-order valence-corrected chi connectivity index (χ0v) is 11.2. The Balaban J connectivity index is 1.72. The molecule has 0 unspecified atom stereocenters. The van der Waals surface area contributed by atoms with Crippen LogP contribution in [0.3, 0.4) is 0 Å². The van der Waals surface area contributed by atoms with Crippen LogP contribution in [0, 0.1) is 0 Å². The molecule has 106 valence electrons. The van der Waals surface area contributed by atoms with Crippen LogP contribution in [0.15, 0.2) is 18.2 Å². The van der Waals surface area contributed by atoms with Crippen molar-refractivity contribution >= 4 is 17.0 Å². The highest BCUT2D eigenvalue weighted by atomic mass is 16.5. The molecule has 0 radical (unpaired) electrons. The summed E-state index contributed by atoms with van der Waals surface area (Å²) in [5, 5.41) is 17.1. The molecule has 20 heavy (non-hydrogen) atoms. The number of aromatic nitrogens is 3. The highest BCUT2D eigenvalue weighted by Gasteiger charge is 2.16. The summed E-state index contributed by atoms with van der Waals surface area (Å²) in [5.41, 5.74) is 1.35. The maximum atomic E-state index is 11.1. The Bertz CT molecular complexity index is 617. The Kier molecular flexibility index (Phi) is 3.64. The summed E-state index contributed by atoms with van der Waals surface area (Å²) in [7, 11) is 0. The summed E-state index contributed by atoms with van der Waals surface area (Å²) in [6, 6.07) is 5.08. The predicted octanol–water partition coefficient (Wildman–Crippen LogP) is 2.09. The SMILES string of the molecule is O=C(O)c1cccc2c1nnn2CCOC1CCCC1. The molecule has 1 fully saturated rings. The van der Waals surface area contributed by atoms with E-state index in [2.05, 4.69) is 10.3 Å². The van der Waals surface area contributed by atoms with Gasteiger partial charge in [0.25, 0.3) is 0 Å². The third kappa shape index (κ3) is 2.51. The molecule has 0 atom stereocenters. The van der Waals surface area contributed by atoms with Crippen LogP contribution in [0.4, 0.5) is 0 Å². The normalized spacial score (nSPS) is 16.0. The van der Waals surface area contributed by atoms with Gasteiger partial charge in [0.15, 0.2) is 0 Å². The average Bonchev–Trinajstić information content (AvgIpc) is 3.08. The number of nitrogens with zero attached hydrogens (tertiary/aromatic N) is 3. The molecule has 1 N–H and O–H groups in total. The van der Waals surface area contributed by atoms with Gasteiger partial charge in [-0.1, -0.05) is 24.1 Å². The summed E-state index contributed by atoms with van der Waals surface area (Å²) in [6.07, 6.45) is 5.15. The Hall–Kier alpha value is -1.95. The van der Waals surface area contributed by atoms with Crippen molar-refractivity contribution in [3.63, 3.8) is 0 Å². The van der Waals surface area contributed by atoms with Crippen molar-refractivity contribution in [3.05, 3.63) is 23.8 Å². The maximum absolute atomic E-state index is 11.1. The third-order valence-corrected chi connectivity index (χ3v) is 3.73. The Labute approximate surface area is 116 Å². The van der Waals surface area contributed by atoms with Crippen LogP contribution in [0.5, 0.6) is 0 Å². The van der Waals surface area contributed by atoms with Gasteiger partial charge in [-0.3, -0.25) is 0 Å². The number of ether oxygens (including phenoxy) is 1. The van der Waals surface area contributed by atoms with E-state index in [-0.39, 0.29) is 5.56 Å². The average molecular weight is 275 g/mol. The zero-order valence-electron chi connectivity index (χ0n) is 11.2. The van der Waals surface area contributed by atoms with Gasteiger partial charge in [-0.25, -0.2) is 9.48 Å². The predicted molar refractivity (Wildman–Crippen MR) is 72.7 cm³/mol. The molecule has 0 bridgehead atoms. The van der Waals surface area contributed by atoms with E-state index in [1.807, 2.05) is 6.07 Å². The van der Waals surface area contributed by atoms with Crippen molar-refractivity contribution in [2.75, 3.05) is 6.61 Å². The first kappa shape index (κ1) is 13.1. The molecule has 0 aliphatic heterocycles. The van der Waals surface area contributed by atoms with Crippen LogP contribution in [0.2, 0.25) is 0 Å². The Morgan fingerprint density at radius 1 is 1.40 bits per heavy atom. The largest absolute Gasteiger partial charge is 0.478 e. The van der Waals surface area contributed by atoms with E-state index in [1.54, 1.807) is 16.8 Å². The molecule has 1 saturated carbocycles. The minimum absolute atomic E-state index is 0.186. The fraction of sp³-hybridized carbons (Fsp3) is 0.500. The number of fused-ring (bicyclic) bond motifs is 1. The molecule has 1 heterocycles. The van der Waals surface area contributed by atoms with E-state index in [9.17, 15) is 4.79 Å². The summed E-state index contributed by atoms with van der Waals surface area (Å²) < 4.78 is 7.50. The summed E-state index contributed by atoms with van der Waals surface area (Å²) in [5.74, 6) is -0.982. The van der Waals surface area contributed by atoms with Crippen LogP contribution in [0.1, 0.15) is 36.0 Å². The Morgan fingerprint density at radius 3 is 2.95 bits per heavy atom. The zero-order chi connectivity index (χ0) is 13.9. The van der Waals surface area contributed by atoms with Crippen molar-refractivity contribution < 1.29 is 14.6 Å². The van der Waals surface area contributed by atoms with Gasteiger partial charge >= 0.3 is 5.97 Å². The van der Waals surface area contributed by atoms with Gasteiger partial charge in [0, 0.05) is 0 Å². The maximum Gasteiger partial charge on any atom is 0.338 e. The lowest BCUT2D eigenvalue weighted by atomic mass is 10.2. The van der Waals surface area contributed by atoms with E-state index in [0.717, 1.165) is 18.4 Å². The van der Waals surface area contributed by atoms with Crippen molar-refractivity contribution in [2.24, 2.45) is 0 Å². The van der Waals surface area contributed by atoms with Gasteiger partial charge in [0.05, 0.1) is 30.3 Å². The molecule has 0 amide bonds. The molecule has 1 aliphatic carbocycles. The molecule has 2 aromatic rings. The van der Waals surface area contributed by atoms with Gasteiger partial charge in [0.1, 0.15) is 5.52 Å². The van der Waals surface area contributed by atoms with E-state index in [0.29, 0.717) is 24.8 Å². The number of carboxylic acid groups (broad SMARTS) is 1. The number of rotatable bonds is 5. The fourth-order valence-corrected chi connectivity index (χ4v) is 2.69. The number of hydrogen-bond donors (Lipinski definition) is 1. The minimum atomic E-state index is -0.982. The molecule has 1 aromatic heterocycles. The molecule has 6 heteroatoms. The second kappa shape index (κ2) is 5.58. The van der Waals surface area contributed by atoms with Crippen LogP contribution < -0.4 is 0 Å². The molecule has 0 saturated heterocycles. The fourth-order valence-electron chi connectivity index (χ4n) is 2.69. The smallest absolute Gasteiger partial charge is 0.338 e. The molecule has 3 rings (SSSR count). The van der Waals surface area contributed by atoms with Gasteiger partial charge in [0.2, 0.25) is 0 Å². The van der Waals surface area contributed by atoms with Crippen molar-refractivity contribution in [1.82, 2.24) is 15.0 Å². The number of carbonyl (C=O) groups is 1. The first-order chi connectivity index (χ1) is 9.75. The molecular weight excluding hydrogens is 258 g/mol. The second-order valence-electron chi connectivity index (χ2n) is 5.07. The van der Waals surface area contributed by atoms with Gasteiger partial charge < -0.3 is 9.84 Å². The van der Waals surface area contributed by atoms with Crippen LogP contribution >= 0.6 is 0 Å². The standard InChI is InChI=1S/C14H17N3O3/c18-14(19)11-6-3-7-12-13(11)15-16-17(12)8-9-20-10-4-1-2-5-10/h3,6-7,10H,1-2,4-5,8-9H2,(H,18,19). The van der Waals surface area contributed by atoms with E-state index >= 15 is 0 Å². The van der Waals surface area contributed by atoms with Crippen LogP contribution in [-0.2, 0) is 11.3 Å². The highest BCUT2D eigenvalue weighted by molar-refractivity contribution is 6.00. The highest BCUT2D eigenvalue weighted by Crippen LogP contribution is 2.21. The Morgan fingerprint density at radius 2 is 2.20 bits per heavy atom.